The highest BCUT2D eigenvalue weighted by molar-refractivity contribution is 7.89. The van der Waals surface area contributed by atoms with Crippen LogP contribution in [0.3, 0.4) is 0 Å². The van der Waals surface area contributed by atoms with Gasteiger partial charge in [0.05, 0.1) is 4.90 Å². The third kappa shape index (κ3) is 4.89. The molecule has 0 radical (unpaired) electrons. The van der Waals surface area contributed by atoms with E-state index in [9.17, 15) is 8.42 Å². The zero-order valence-corrected chi connectivity index (χ0v) is 13.9. The van der Waals surface area contributed by atoms with Gasteiger partial charge in [-0.15, -0.1) is 0 Å². The van der Waals surface area contributed by atoms with Crippen molar-refractivity contribution in [1.29, 1.82) is 0 Å². The number of rotatable bonds is 6. The van der Waals surface area contributed by atoms with E-state index in [4.69, 9.17) is 0 Å². The van der Waals surface area contributed by atoms with Crippen molar-refractivity contribution in [2.75, 3.05) is 6.54 Å². The molecule has 0 aliphatic carbocycles. The molecule has 2 N–H and O–H groups in total. The summed E-state index contributed by atoms with van der Waals surface area (Å²) in [4.78, 5) is 0.364. The largest absolute Gasteiger partial charge is 0.313 e. The summed E-state index contributed by atoms with van der Waals surface area (Å²) in [5, 5.41) is 3.30. The van der Waals surface area contributed by atoms with Crippen LogP contribution in [0, 0.1) is 6.92 Å². The van der Waals surface area contributed by atoms with E-state index in [0.29, 0.717) is 11.4 Å². The van der Waals surface area contributed by atoms with Gasteiger partial charge in [-0.3, -0.25) is 0 Å². The van der Waals surface area contributed by atoms with Gasteiger partial charge in [0, 0.05) is 12.1 Å². The van der Waals surface area contributed by atoms with Crippen LogP contribution in [-0.2, 0) is 16.6 Å². The van der Waals surface area contributed by atoms with Gasteiger partial charge in [-0.1, -0.05) is 19.1 Å². The zero-order valence-electron chi connectivity index (χ0n) is 13.1. The average molecular weight is 298 g/mol. The van der Waals surface area contributed by atoms with Crippen molar-refractivity contribution >= 4 is 10.0 Å². The van der Waals surface area contributed by atoms with Gasteiger partial charge in [0.15, 0.2) is 0 Å². The van der Waals surface area contributed by atoms with Gasteiger partial charge in [0.1, 0.15) is 0 Å². The Kier molecular flexibility index (Phi) is 5.74. The Bertz CT molecular complexity index is 545. The van der Waals surface area contributed by atoms with Crippen LogP contribution in [0.2, 0.25) is 0 Å². The van der Waals surface area contributed by atoms with Crippen LogP contribution in [0.25, 0.3) is 0 Å². The Balaban J connectivity index is 3.05. The minimum Gasteiger partial charge on any atom is -0.313 e. The summed E-state index contributed by atoms with van der Waals surface area (Å²) >= 11 is 0. The molecule has 4 nitrogen and oxygen atoms in total. The van der Waals surface area contributed by atoms with Gasteiger partial charge in [-0.2, -0.15) is 0 Å². The molecule has 1 aromatic rings. The van der Waals surface area contributed by atoms with Crippen molar-refractivity contribution < 1.29 is 8.42 Å². The van der Waals surface area contributed by atoms with Crippen LogP contribution in [0.1, 0.15) is 45.2 Å². The lowest BCUT2D eigenvalue weighted by Crippen LogP contribution is -2.40. The normalized spacial score (nSPS) is 12.7. The lowest BCUT2D eigenvalue weighted by atomic mass is 10.1. The van der Waals surface area contributed by atoms with Gasteiger partial charge in [0.25, 0.3) is 0 Å². The van der Waals surface area contributed by atoms with Crippen LogP contribution in [0.5, 0.6) is 0 Å². The Morgan fingerprint density at radius 1 is 1.20 bits per heavy atom. The molecule has 0 saturated carbocycles. The zero-order chi connectivity index (χ0) is 15.4. The minimum atomic E-state index is -3.48. The highest BCUT2D eigenvalue weighted by Crippen LogP contribution is 2.20. The molecule has 0 aliphatic rings. The van der Waals surface area contributed by atoms with E-state index in [0.717, 1.165) is 24.1 Å². The quantitative estimate of drug-likeness (QED) is 0.794. The number of hydrogen-bond acceptors (Lipinski definition) is 3. The Hall–Kier alpha value is -0.910. The van der Waals surface area contributed by atoms with Crippen LogP contribution < -0.4 is 10.0 Å². The topological polar surface area (TPSA) is 58.2 Å². The number of benzene rings is 1. The first-order chi connectivity index (χ1) is 9.17. The molecule has 0 fully saturated rings. The highest BCUT2D eigenvalue weighted by Gasteiger charge is 2.24. The van der Waals surface area contributed by atoms with E-state index in [2.05, 4.69) is 17.0 Å². The fraction of sp³-hybridized carbons (Fsp3) is 0.600. The molecule has 0 unspecified atom stereocenters. The molecule has 1 aromatic carbocycles. The second-order valence-corrected chi connectivity index (χ2v) is 7.72. The SMILES string of the molecule is CCCNCc1cccc(S(=O)(=O)NC(C)(C)C)c1C. The molecule has 20 heavy (non-hydrogen) atoms. The smallest absolute Gasteiger partial charge is 0.241 e. The monoisotopic (exact) mass is 298 g/mol. The average Bonchev–Trinajstić information content (AvgIpc) is 2.28. The Labute approximate surface area is 123 Å². The molecule has 0 aliphatic heterocycles. The standard InChI is InChI=1S/C15H26N2O2S/c1-6-10-16-11-13-8-7-9-14(12(13)2)20(18,19)17-15(3,4)5/h7-9,16-17H,6,10-11H2,1-5H3. The van der Waals surface area contributed by atoms with Gasteiger partial charge in [-0.25, -0.2) is 13.1 Å². The summed E-state index contributed by atoms with van der Waals surface area (Å²) in [6.45, 7) is 11.1. The molecule has 0 amide bonds. The maximum absolute atomic E-state index is 12.4. The van der Waals surface area contributed by atoms with E-state index in [1.165, 1.54) is 0 Å². The third-order valence-electron chi connectivity index (χ3n) is 2.87. The second kappa shape index (κ2) is 6.70. The predicted octanol–water partition coefficient (Wildman–Crippen LogP) is 2.57. The second-order valence-electron chi connectivity index (χ2n) is 6.07. The molecule has 0 heterocycles. The van der Waals surface area contributed by atoms with E-state index < -0.39 is 15.6 Å². The minimum absolute atomic E-state index is 0.364. The van der Waals surface area contributed by atoms with Crippen LogP contribution >= 0.6 is 0 Å². The van der Waals surface area contributed by atoms with Crippen molar-refractivity contribution in [3.63, 3.8) is 0 Å². The first-order valence-corrected chi connectivity index (χ1v) is 8.49. The molecular formula is C15H26N2O2S. The highest BCUT2D eigenvalue weighted by atomic mass is 32.2. The summed E-state index contributed by atoms with van der Waals surface area (Å²) in [6, 6.07) is 5.42. The summed E-state index contributed by atoms with van der Waals surface area (Å²) in [7, 11) is -3.48. The maximum Gasteiger partial charge on any atom is 0.241 e. The molecule has 114 valence electrons. The van der Waals surface area contributed by atoms with Crippen molar-refractivity contribution in [2.24, 2.45) is 0 Å². The van der Waals surface area contributed by atoms with Crippen LogP contribution in [0.4, 0.5) is 0 Å². The lowest BCUT2D eigenvalue weighted by molar-refractivity contribution is 0.491. The molecule has 1 rings (SSSR count). The molecule has 0 saturated heterocycles. The summed E-state index contributed by atoms with van der Waals surface area (Å²) < 4.78 is 27.5. The fourth-order valence-electron chi connectivity index (χ4n) is 2.00. The molecule has 0 aromatic heterocycles. The van der Waals surface area contributed by atoms with E-state index in [-0.39, 0.29) is 0 Å². The van der Waals surface area contributed by atoms with E-state index >= 15 is 0 Å². The predicted molar refractivity (Wildman–Crippen MR) is 83.3 cm³/mol. The van der Waals surface area contributed by atoms with E-state index in [1.54, 1.807) is 12.1 Å². The summed E-state index contributed by atoms with van der Waals surface area (Å²) in [6.07, 6.45) is 1.06. The molecule has 0 atom stereocenters. The Morgan fingerprint density at radius 3 is 2.40 bits per heavy atom. The maximum atomic E-state index is 12.4. The van der Waals surface area contributed by atoms with Gasteiger partial charge < -0.3 is 5.32 Å². The Morgan fingerprint density at radius 2 is 1.85 bits per heavy atom. The third-order valence-corrected chi connectivity index (χ3v) is 4.77. The van der Waals surface area contributed by atoms with Gasteiger partial charge in [-0.05, 0) is 57.9 Å². The fourth-order valence-corrected chi connectivity index (χ4v) is 3.71. The van der Waals surface area contributed by atoms with E-state index in [1.807, 2.05) is 33.8 Å². The van der Waals surface area contributed by atoms with Gasteiger partial charge in [0.2, 0.25) is 10.0 Å². The molecular weight excluding hydrogens is 272 g/mol. The summed E-state index contributed by atoms with van der Waals surface area (Å²) in [5.74, 6) is 0. The molecule has 5 heteroatoms. The van der Waals surface area contributed by atoms with Crippen molar-refractivity contribution in [3.05, 3.63) is 29.3 Å². The summed E-state index contributed by atoms with van der Waals surface area (Å²) in [5.41, 5.74) is 1.35. The van der Waals surface area contributed by atoms with Gasteiger partial charge >= 0.3 is 0 Å². The first-order valence-electron chi connectivity index (χ1n) is 7.00. The number of hydrogen-bond donors (Lipinski definition) is 2. The van der Waals surface area contributed by atoms with Crippen molar-refractivity contribution in [2.45, 2.75) is 58.0 Å². The lowest BCUT2D eigenvalue weighted by Gasteiger charge is -2.22. The molecule has 0 bridgehead atoms. The first kappa shape index (κ1) is 17.1. The van der Waals surface area contributed by atoms with Crippen LogP contribution in [0.15, 0.2) is 23.1 Å². The molecule has 0 spiro atoms. The van der Waals surface area contributed by atoms with Crippen molar-refractivity contribution in [1.82, 2.24) is 10.0 Å². The number of sulfonamides is 1. The van der Waals surface area contributed by atoms with Crippen molar-refractivity contribution in [3.8, 4) is 0 Å². The van der Waals surface area contributed by atoms with Crippen LogP contribution in [-0.4, -0.2) is 20.5 Å². The number of nitrogens with one attached hydrogen (secondary N) is 2.